The Hall–Kier alpha value is -1.40. The topological polar surface area (TPSA) is 61.4 Å². The number of aryl methyl sites for hydroxylation is 1. The predicted octanol–water partition coefficient (Wildman–Crippen LogP) is 2.48. The molecule has 2 saturated carbocycles. The van der Waals surface area contributed by atoms with Crippen LogP contribution in [0.25, 0.3) is 0 Å². The SMILES string of the molecule is Cc1cc(NC(=O)C2CC2)sc1C(=O)NC[C@H](C1CC1)N(C)C. The molecular weight excluding hydrogens is 310 g/mol. The number of hydrogen-bond donors (Lipinski definition) is 2. The van der Waals surface area contributed by atoms with Gasteiger partial charge in [-0.2, -0.15) is 0 Å². The van der Waals surface area contributed by atoms with Crippen LogP contribution in [0.2, 0.25) is 0 Å². The third-order valence-corrected chi connectivity index (χ3v) is 5.77. The lowest BCUT2D eigenvalue weighted by Gasteiger charge is -2.24. The Morgan fingerprint density at radius 2 is 2.00 bits per heavy atom. The number of thiophene rings is 1. The fourth-order valence-electron chi connectivity index (χ4n) is 2.87. The molecule has 126 valence electrons. The molecule has 1 aromatic heterocycles. The van der Waals surface area contributed by atoms with Crippen molar-refractivity contribution in [2.45, 2.75) is 38.6 Å². The van der Waals surface area contributed by atoms with Gasteiger partial charge in [-0.3, -0.25) is 9.59 Å². The molecule has 0 bridgehead atoms. The summed E-state index contributed by atoms with van der Waals surface area (Å²) in [6, 6.07) is 2.30. The van der Waals surface area contributed by atoms with Crippen molar-refractivity contribution in [3.8, 4) is 0 Å². The van der Waals surface area contributed by atoms with Crippen LogP contribution in [0.3, 0.4) is 0 Å². The molecule has 0 aliphatic heterocycles. The number of rotatable bonds is 7. The highest BCUT2D eigenvalue weighted by Crippen LogP contribution is 2.35. The molecule has 0 saturated heterocycles. The molecule has 0 unspecified atom stereocenters. The molecule has 0 aromatic carbocycles. The molecule has 6 heteroatoms. The summed E-state index contributed by atoms with van der Waals surface area (Å²) in [5.41, 5.74) is 0.923. The summed E-state index contributed by atoms with van der Waals surface area (Å²) in [5.74, 6) is 0.934. The Kier molecular flexibility index (Phi) is 4.73. The number of amides is 2. The van der Waals surface area contributed by atoms with Crippen LogP contribution in [-0.4, -0.2) is 43.4 Å². The number of nitrogens with one attached hydrogen (secondary N) is 2. The van der Waals surface area contributed by atoms with Gasteiger partial charge >= 0.3 is 0 Å². The summed E-state index contributed by atoms with van der Waals surface area (Å²) in [6.07, 6.45) is 4.48. The average Bonchev–Trinajstić information content (AvgIpc) is 3.36. The first-order valence-corrected chi connectivity index (χ1v) is 9.13. The second-order valence-electron chi connectivity index (χ2n) is 6.96. The lowest BCUT2D eigenvalue weighted by atomic mass is 10.1. The molecule has 23 heavy (non-hydrogen) atoms. The van der Waals surface area contributed by atoms with E-state index in [1.54, 1.807) is 0 Å². The number of anilines is 1. The number of hydrogen-bond acceptors (Lipinski definition) is 4. The third-order valence-electron chi connectivity index (χ3n) is 4.62. The maximum atomic E-state index is 12.4. The molecule has 1 aromatic rings. The first kappa shape index (κ1) is 16.5. The van der Waals surface area contributed by atoms with Crippen LogP contribution < -0.4 is 10.6 Å². The molecule has 2 aliphatic rings. The van der Waals surface area contributed by atoms with E-state index in [4.69, 9.17) is 0 Å². The zero-order valence-corrected chi connectivity index (χ0v) is 14.8. The van der Waals surface area contributed by atoms with Gasteiger partial charge in [-0.1, -0.05) is 0 Å². The molecular formula is C17H25N3O2S. The summed E-state index contributed by atoms with van der Waals surface area (Å²) in [7, 11) is 4.13. The lowest BCUT2D eigenvalue weighted by molar-refractivity contribution is -0.117. The van der Waals surface area contributed by atoms with Gasteiger partial charge in [0.25, 0.3) is 5.91 Å². The van der Waals surface area contributed by atoms with E-state index in [0.29, 0.717) is 23.4 Å². The van der Waals surface area contributed by atoms with Gasteiger partial charge in [-0.05, 0) is 64.3 Å². The molecule has 2 fully saturated rings. The van der Waals surface area contributed by atoms with Crippen molar-refractivity contribution in [2.75, 3.05) is 26.0 Å². The van der Waals surface area contributed by atoms with Crippen LogP contribution in [0, 0.1) is 18.8 Å². The fourth-order valence-corrected chi connectivity index (χ4v) is 3.86. The highest BCUT2D eigenvalue weighted by molar-refractivity contribution is 7.18. The third kappa shape index (κ3) is 4.12. The Labute approximate surface area is 141 Å². The molecule has 5 nitrogen and oxygen atoms in total. The van der Waals surface area contributed by atoms with Gasteiger partial charge in [0.15, 0.2) is 0 Å². The van der Waals surface area contributed by atoms with Crippen molar-refractivity contribution in [3.05, 3.63) is 16.5 Å². The largest absolute Gasteiger partial charge is 0.350 e. The van der Waals surface area contributed by atoms with E-state index in [1.165, 1.54) is 24.2 Å². The second-order valence-corrected chi connectivity index (χ2v) is 8.02. The van der Waals surface area contributed by atoms with Crippen LogP contribution in [0.1, 0.15) is 40.9 Å². The number of carbonyl (C=O) groups is 2. The van der Waals surface area contributed by atoms with Gasteiger partial charge in [-0.25, -0.2) is 0 Å². The lowest BCUT2D eigenvalue weighted by Crippen LogP contribution is -2.41. The van der Waals surface area contributed by atoms with Crippen LogP contribution >= 0.6 is 11.3 Å². The monoisotopic (exact) mass is 335 g/mol. The molecule has 1 heterocycles. The van der Waals surface area contributed by atoms with Gasteiger partial charge in [-0.15, -0.1) is 11.3 Å². The summed E-state index contributed by atoms with van der Waals surface area (Å²) < 4.78 is 0. The molecule has 0 spiro atoms. The van der Waals surface area contributed by atoms with E-state index in [2.05, 4.69) is 29.6 Å². The smallest absolute Gasteiger partial charge is 0.261 e. The van der Waals surface area contributed by atoms with Gasteiger partial charge in [0.1, 0.15) is 0 Å². The Morgan fingerprint density at radius 1 is 1.30 bits per heavy atom. The van der Waals surface area contributed by atoms with E-state index in [9.17, 15) is 9.59 Å². The number of likely N-dealkylation sites (N-methyl/N-ethyl adjacent to an activating group) is 1. The normalized spacial score (nSPS) is 18.8. The maximum Gasteiger partial charge on any atom is 0.261 e. The minimum atomic E-state index is -0.0353. The van der Waals surface area contributed by atoms with E-state index in [-0.39, 0.29) is 17.7 Å². The van der Waals surface area contributed by atoms with Crippen molar-refractivity contribution in [1.82, 2.24) is 10.2 Å². The molecule has 2 aliphatic carbocycles. The van der Waals surface area contributed by atoms with Gasteiger partial charge in [0.2, 0.25) is 5.91 Å². The maximum absolute atomic E-state index is 12.4. The van der Waals surface area contributed by atoms with E-state index < -0.39 is 0 Å². The van der Waals surface area contributed by atoms with Crippen LogP contribution in [-0.2, 0) is 4.79 Å². The Morgan fingerprint density at radius 3 is 2.57 bits per heavy atom. The van der Waals surface area contributed by atoms with E-state index >= 15 is 0 Å². The van der Waals surface area contributed by atoms with E-state index in [1.807, 2.05) is 13.0 Å². The minimum Gasteiger partial charge on any atom is -0.350 e. The number of nitrogens with zero attached hydrogens (tertiary/aromatic N) is 1. The first-order valence-electron chi connectivity index (χ1n) is 8.31. The molecule has 1 atom stereocenters. The van der Waals surface area contributed by atoms with Gasteiger partial charge < -0.3 is 15.5 Å². The second kappa shape index (κ2) is 6.61. The summed E-state index contributed by atoms with van der Waals surface area (Å²) in [4.78, 5) is 27.2. The standard InChI is InChI=1S/C17H25N3O2S/c1-10-8-14(19-16(21)12-6-7-12)23-15(10)17(22)18-9-13(20(2)3)11-4-5-11/h8,11-13H,4-7,9H2,1-3H3,(H,18,22)(H,19,21)/t13-/m1/s1. The molecule has 2 amide bonds. The zero-order valence-electron chi connectivity index (χ0n) is 14.0. The minimum absolute atomic E-state index is 0.0353. The number of carbonyl (C=O) groups excluding carboxylic acids is 2. The Bertz CT molecular complexity index is 601. The van der Waals surface area contributed by atoms with Crippen molar-refractivity contribution in [3.63, 3.8) is 0 Å². The first-order chi connectivity index (χ1) is 11.0. The Balaban J connectivity index is 1.58. The van der Waals surface area contributed by atoms with Gasteiger partial charge in [0, 0.05) is 18.5 Å². The van der Waals surface area contributed by atoms with Crippen molar-refractivity contribution >= 4 is 28.2 Å². The summed E-state index contributed by atoms with van der Waals surface area (Å²) in [5, 5.41) is 6.76. The predicted molar refractivity (Wildman–Crippen MR) is 92.9 cm³/mol. The highest BCUT2D eigenvalue weighted by Gasteiger charge is 2.33. The van der Waals surface area contributed by atoms with Crippen molar-refractivity contribution in [1.29, 1.82) is 0 Å². The fraction of sp³-hybridized carbons (Fsp3) is 0.647. The van der Waals surface area contributed by atoms with E-state index in [0.717, 1.165) is 23.4 Å². The summed E-state index contributed by atoms with van der Waals surface area (Å²) >= 11 is 1.37. The van der Waals surface area contributed by atoms with Crippen molar-refractivity contribution < 1.29 is 9.59 Å². The quantitative estimate of drug-likeness (QED) is 0.805. The summed E-state index contributed by atoms with van der Waals surface area (Å²) in [6.45, 7) is 2.60. The van der Waals surface area contributed by atoms with Crippen LogP contribution in [0.5, 0.6) is 0 Å². The van der Waals surface area contributed by atoms with Crippen LogP contribution in [0.4, 0.5) is 5.00 Å². The molecule has 2 N–H and O–H groups in total. The highest BCUT2D eigenvalue weighted by atomic mass is 32.1. The van der Waals surface area contributed by atoms with Gasteiger partial charge in [0.05, 0.1) is 9.88 Å². The zero-order chi connectivity index (χ0) is 16.6. The van der Waals surface area contributed by atoms with Crippen LogP contribution in [0.15, 0.2) is 6.07 Å². The van der Waals surface area contributed by atoms with Crippen molar-refractivity contribution in [2.24, 2.45) is 11.8 Å². The average molecular weight is 335 g/mol. The molecule has 0 radical (unpaired) electrons. The molecule has 3 rings (SSSR count).